The number of benzene rings is 1. The van der Waals surface area contributed by atoms with Gasteiger partial charge in [0.1, 0.15) is 11.4 Å². The molecule has 0 radical (unpaired) electrons. The SMILES string of the molecule is CNCCC1(Oc2ccccc2C(F)(F)F)CCC1. The van der Waals surface area contributed by atoms with Gasteiger partial charge >= 0.3 is 6.18 Å². The molecule has 1 aliphatic carbocycles. The molecular formula is C14H18F3NO. The highest BCUT2D eigenvalue weighted by molar-refractivity contribution is 5.36. The Morgan fingerprint density at radius 1 is 1.26 bits per heavy atom. The number of hydrogen-bond donors (Lipinski definition) is 1. The Hall–Kier alpha value is -1.23. The summed E-state index contributed by atoms with van der Waals surface area (Å²) in [6.07, 6.45) is -0.986. The van der Waals surface area contributed by atoms with Gasteiger partial charge in [0.05, 0.1) is 5.56 Å². The van der Waals surface area contributed by atoms with Gasteiger partial charge in [-0.05, 0) is 51.4 Å². The Morgan fingerprint density at radius 2 is 1.95 bits per heavy atom. The molecule has 0 amide bonds. The molecule has 2 rings (SSSR count). The van der Waals surface area contributed by atoms with E-state index in [9.17, 15) is 13.2 Å². The summed E-state index contributed by atoms with van der Waals surface area (Å²) < 4.78 is 44.5. The first kappa shape index (κ1) is 14.2. The average Bonchev–Trinajstić information content (AvgIpc) is 2.31. The lowest BCUT2D eigenvalue weighted by atomic mass is 9.77. The van der Waals surface area contributed by atoms with Gasteiger partial charge in [-0.1, -0.05) is 12.1 Å². The average molecular weight is 273 g/mol. The van der Waals surface area contributed by atoms with Crippen LogP contribution in [0.25, 0.3) is 0 Å². The zero-order valence-corrected chi connectivity index (χ0v) is 10.9. The van der Waals surface area contributed by atoms with Gasteiger partial charge < -0.3 is 10.1 Å². The molecule has 19 heavy (non-hydrogen) atoms. The Labute approximate surface area is 111 Å². The quantitative estimate of drug-likeness (QED) is 0.884. The summed E-state index contributed by atoms with van der Waals surface area (Å²) in [6, 6.07) is 5.44. The molecular weight excluding hydrogens is 255 g/mol. The summed E-state index contributed by atoms with van der Waals surface area (Å²) in [5.74, 6) is -0.0502. The second kappa shape index (κ2) is 5.41. The van der Waals surface area contributed by atoms with Crippen molar-refractivity contribution >= 4 is 0 Å². The summed E-state index contributed by atoms with van der Waals surface area (Å²) in [5.41, 5.74) is -1.12. The van der Waals surface area contributed by atoms with Gasteiger partial charge in [-0.3, -0.25) is 0 Å². The lowest BCUT2D eigenvalue weighted by molar-refractivity contribution is -0.141. The number of para-hydroxylation sites is 1. The molecule has 0 aromatic heterocycles. The van der Waals surface area contributed by atoms with Crippen molar-refractivity contribution in [1.82, 2.24) is 5.32 Å². The van der Waals surface area contributed by atoms with Gasteiger partial charge in [-0.2, -0.15) is 13.2 Å². The minimum Gasteiger partial charge on any atom is -0.487 e. The Kier molecular flexibility index (Phi) is 4.04. The van der Waals surface area contributed by atoms with Crippen molar-refractivity contribution in [2.75, 3.05) is 13.6 Å². The van der Waals surface area contributed by atoms with E-state index in [-0.39, 0.29) is 5.75 Å². The molecule has 5 heteroatoms. The van der Waals surface area contributed by atoms with Crippen LogP contribution in [0.3, 0.4) is 0 Å². The first-order valence-electron chi connectivity index (χ1n) is 6.47. The van der Waals surface area contributed by atoms with Gasteiger partial charge in [0.2, 0.25) is 0 Å². The van der Waals surface area contributed by atoms with Gasteiger partial charge in [0.15, 0.2) is 0 Å². The van der Waals surface area contributed by atoms with Crippen LogP contribution in [-0.4, -0.2) is 19.2 Å². The lowest BCUT2D eigenvalue weighted by Gasteiger charge is -2.42. The number of halogens is 3. The van der Waals surface area contributed by atoms with Crippen molar-refractivity contribution in [1.29, 1.82) is 0 Å². The first-order valence-corrected chi connectivity index (χ1v) is 6.47. The van der Waals surface area contributed by atoms with Crippen LogP contribution in [0.5, 0.6) is 5.75 Å². The molecule has 0 atom stereocenters. The molecule has 1 aliphatic rings. The fourth-order valence-electron chi connectivity index (χ4n) is 2.35. The van der Waals surface area contributed by atoms with Crippen LogP contribution in [0.2, 0.25) is 0 Å². The van der Waals surface area contributed by atoms with E-state index in [2.05, 4.69) is 5.32 Å². The van der Waals surface area contributed by atoms with Gasteiger partial charge in [0.25, 0.3) is 0 Å². The highest BCUT2D eigenvalue weighted by atomic mass is 19.4. The molecule has 1 aromatic rings. The van der Waals surface area contributed by atoms with Crippen LogP contribution < -0.4 is 10.1 Å². The molecule has 0 heterocycles. The van der Waals surface area contributed by atoms with Gasteiger partial charge in [-0.25, -0.2) is 0 Å². The predicted octanol–water partition coefficient (Wildman–Crippen LogP) is 3.62. The Morgan fingerprint density at radius 3 is 2.47 bits per heavy atom. The maximum atomic E-state index is 12.9. The standard InChI is InChI=1S/C14H18F3NO/c1-18-10-9-13(7-4-8-13)19-12-6-3-2-5-11(12)14(15,16)17/h2-3,5-6,18H,4,7-10H2,1H3. The van der Waals surface area contributed by atoms with Crippen LogP contribution in [0.4, 0.5) is 13.2 Å². The van der Waals surface area contributed by atoms with Crippen molar-refractivity contribution in [3.8, 4) is 5.75 Å². The fraction of sp³-hybridized carbons (Fsp3) is 0.571. The zero-order chi connectivity index (χ0) is 13.9. The summed E-state index contributed by atoms with van der Waals surface area (Å²) >= 11 is 0. The second-order valence-electron chi connectivity index (χ2n) is 4.99. The molecule has 0 unspecified atom stereocenters. The smallest absolute Gasteiger partial charge is 0.419 e. The molecule has 2 nitrogen and oxygen atoms in total. The lowest BCUT2D eigenvalue weighted by Crippen LogP contribution is -2.45. The third-order valence-electron chi connectivity index (χ3n) is 3.61. The first-order chi connectivity index (χ1) is 8.97. The van der Waals surface area contributed by atoms with Crippen LogP contribution in [0.15, 0.2) is 24.3 Å². The van der Waals surface area contributed by atoms with Crippen LogP contribution in [0.1, 0.15) is 31.2 Å². The number of rotatable bonds is 5. The predicted molar refractivity (Wildman–Crippen MR) is 67.2 cm³/mol. The zero-order valence-electron chi connectivity index (χ0n) is 10.9. The van der Waals surface area contributed by atoms with Crippen LogP contribution in [0, 0.1) is 0 Å². The van der Waals surface area contributed by atoms with Crippen LogP contribution >= 0.6 is 0 Å². The minimum atomic E-state index is -4.37. The van der Waals surface area contributed by atoms with Crippen molar-refractivity contribution in [3.05, 3.63) is 29.8 Å². The van der Waals surface area contributed by atoms with E-state index in [0.717, 1.165) is 38.3 Å². The summed E-state index contributed by atoms with van der Waals surface area (Å²) in [7, 11) is 1.83. The van der Waals surface area contributed by atoms with Crippen LogP contribution in [-0.2, 0) is 6.18 Å². The van der Waals surface area contributed by atoms with E-state index < -0.39 is 17.3 Å². The van der Waals surface area contributed by atoms with Crippen molar-refractivity contribution in [2.45, 2.75) is 37.5 Å². The molecule has 0 aliphatic heterocycles. The third-order valence-corrected chi connectivity index (χ3v) is 3.61. The Balaban J connectivity index is 2.18. The molecule has 1 aromatic carbocycles. The molecule has 0 spiro atoms. The molecule has 1 N–H and O–H groups in total. The monoisotopic (exact) mass is 273 g/mol. The van der Waals surface area contributed by atoms with E-state index in [4.69, 9.17) is 4.74 Å². The van der Waals surface area contributed by atoms with E-state index in [1.807, 2.05) is 7.05 Å². The maximum Gasteiger partial charge on any atom is 0.419 e. The van der Waals surface area contributed by atoms with Gasteiger partial charge in [-0.15, -0.1) is 0 Å². The van der Waals surface area contributed by atoms with Crippen molar-refractivity contribution in [3.63, 3.8) is 0 Å². The molecule has 106 valence electrons. The highest BCUT2D eigenvalue weighted by Gasteiger charge is 2.41. The molecule has 1 saturated carbocycles. The summed E-state index contributed by atoms with van der Waals surface area (Å²) in [4.78, 5) is 0. The molecule has 1 fully saturated rings. The largest absolute Gasteiger partial charge is 0.487 e. The fourth-order valence-corrected chi connectivity index (χ4v) is 2.35. The van der Waals surface area contributed by atoms with E-state index in [1.165, 1.54) is 12.1 Å². The van der Waals surface area contributed by atoms with E-state index in [0.29, 0.717) is 0 Å². The second-order valence-corrected chi connectivity index (χ2v) is 4.99. The topological polar surface area (TPSA) is 21.3 Å². The Bertz CT molecular complexity index is 427. The van der Waals surface area contributed by atoms with Crippen molar-refractivity contribution < 1.29 is 17.9 Å². The van der Waals surface area contributed by atoms with E-state index >= 15 is 0 Å². The number of nitrogens with one attached hydrogen (secondary N) is 1. The normalized spacial score (nSPS) is 17.9. The maximum absolute atomic E-state index is 12.9. The number of alkyl halides is 3. The summed E-state index contributed by atoms with van der Waals surface area (Å²) in [5, 5.41) is 3.02. The summed E-state index contributed by atoms with van der Waals surface area (Å²) in [6.45, 7) is 0.744. The third kappa shape index (κ3) is 3.21. The minimum absolute atomic E-state index is 0.0502. The number of ether oxygens (including phenoxy) is 1. The van der Waals surface area contributed by atoms with Crippen molar-refractivity contribution in [2.24, 2.45) is 0 Å². The number of hydrogen-bond acceptors (Lipinski definition) is 2. The molecule has 0 saturated heterocycles. The highest BCUT2D eigenvalue weighted by Crippen LogP contribution is 2.43. The van der Waals surface area contributed by atoms with Gasteiger partial charge in [0, 0.05) is 0 Å². The molecule has 0 bridgehead atoms. The van der Waals surface area contributed by atoms with E-state index in [1.54, 1.807) is 6.07 Å².